The Bertz CT molecular complexity index is 172. The zero-order chi connectivity index (χ0) is 12.3. The third-order valence-corrected chi connectivity index (χ3v) is 2.51. The van der Waals surface area contributed by atoms with Crippen LogP contribution >= 0.6 is 0 Å². The first kappa shape index (κ1) is 16.9. The lowest BCUT2D eigenvalue weighted by molar-refractivity contribution is 0.489. The molecule has 0 aliphatic heterocycles. The lowest BCUT2D eigenvalue weighted by atomic mass is 9.93. The summed E-state index contributed by atoms with van der Waals surface area (Å²) in [5.41, 5.74) is 1.50. The van der Waals surface area contributed by atoms with Gasteiger partial charge in [0.1, 0.15) is 0 Å². The van der Waals surface area contributed by atoms with Crippen molar-refractivity contribution in [1.29, 1.82) is 0 Å². The number of rotatable bonds is 5. The molecular formula is C15H30. The van der Waals surface area contributed by atoms with E-state index in [1.807, 2.05) is 13.8 Å². The molecule has 0 aromatic rings. The van der Waals surface area contributed by atoms with Crippen LogP contribution in [-0.4, -0.2) is 0 Å². The minimum atomic E-state index is 0.735. The molecule has 0 heterocycles. The van der Waals surface area contributed by atoms with Crippen molar-refractivity contribution in [3.63, 3.8) is 0 Å². The molecule has 0 nitrogen and oxygen atoms in total. The minimum absolute atomic E-state index is 0.735. The van der Waals surface area contributed by atoms with Gasteiger partial charge in [0, 0.05) is 0 Å². The monoisotopic (exact) mass is 210 g/mol. The molecule has 0 aromatic heterocycles. The highest BCUT2D eigenvalue weighted by atomic mass is 14.1. The second-order valence-corrected chi connectivity index (χ2v) is 4.31. The van der Waals surface area contributed by atoms with Crippen LogP contribution in [0.5, 0.6) is 0 Å². The number of hydrogen-bond donors (Lipinski definition) is 0. The molecule has 0 heteroatoms. The fourth-order valence-corrected chi connectivity index (χ4v) is 1.22. The van der Waals surface area contributed by atoms with Crippen molar-refractivity contribution in [2.45, 2.75) is 61.3 Å². The molecule has 0 saturated carbocycles. The molecule has 90 valence electrons. The fraction of sp³-hybridized carbons (Fsp3) is 0.733. The molecule has 0 aliphatic rings. The van der Waals surface area contributed by atoms with E-state index in [4.69, 9.17) is 0 Å². The van der Waals surface area contributed by atoms with E-state index in [0.717, 1.165) is 11.8 Å². The minimum Gasteiger partial charge on any atom is -0.0877 e. The highest BCUT2D eigenvalue weighted by Gasteiger charge is 2.04. The van der Waals surface area contributed by atoms with E-state index in [0.29, 0.717) is 0 Å². The van der Waals surface area contributed by atoms with Crippen molar-refractivity contribution in [2.75, 3.05) is 0 Å². The van der Waals surface area contributed by atoms with Crippen LogP contribution in [0.4, 0.5) is 0 Å². The van der Waals surface area contributed by atoms with Crippen LogP contribution in [0.2, 0.25) is 0 Å². The van der Waals surface area contributed by atoms with Crippen molar-refractivity contribution >= 4 is 0 Å². The predicted octanol–water partition coefficient (Wildman–Crippen LogP) is 5.61. The Morgan fingerprint density at radius 2 is 1.60 bits per heavy atom. The van der Waals surface area contributed by atoms with E-state index in [1.54, 1.807) is 0 Å². The summed E-state index contributed by atoms with van der Waals surface area (Å²) in [6, 6.07) is 0. The maximum Gasteiger partial charge on any atom is -0.0231 e. The van der Waals surface area contributed by atoms with E-state index in [2.05, 4.69) is 52.8 Å². The molecule has 1 unspecified atom stereocenters. The standard InChI is InChI=1S/C13H24.C2H6/c1-6-7-8-12(4)13(5)10-9-11(2)3;1-2/h6-8,11,13H,9-10H2,1-5H3;1-2H3/b7-6-,12-8+;. The molecule has 0 amide bonds. The summed E-state index contributed by atoms with van der Waals surface area (Å²) >= 11 is 0. The Morgan fingerprint density at radius 3 is 2.00 bits per heavy atom. The van der Waals surface area contributed by atoms with E-state index in [-0.39, 0.29) is 0 Å². The van der Waals surface area contributed by atoms with Gasteiger partial charge in [-0.1, -0.05) is 64.8 Å². The molecule has 0 radical (unpaired) electrons. The third kappa shape index (κ3) is 11.4. The summed E-state index contributed by atoms with van der Waals surface area (Å²) in [5, 5.41) is 0. The van der Waals surface area contributed by atoms with Crippen LogP contribution in [-0.2, 0) is 0 Å². The van der Waals surface area contributed by atoms with E-state index in [1.165, 1.54) is 18.4 Å². The third-order valence-electron chi connectivity index (χ3n) is 2.51. The van der Waals surface area contributed by atoms with Crippen LogP contribution in [0.3, 0.4) is 0 Å². The van der Waals surface area contributed by atoms with Gasteiger partial charge in [-0.25, -0.2) is 0 Å². The van der Waals surface area contributed by atoms with Gasteiger partial charge in [0.2, 0.25) is 0 Å². The summed E-state index contributed by atoms with van der Waals surface area (Å²) in [5.74, 6) is 1.57. The normalized spacial score (nSPS) is 14.0. The quantitative estimate of drug-likeness (QED) is 0.518. The molecule has 1 atom stereocenters. The molecule has 0 rings (SSSR count). The second kappa shape index (κ2) is 11.6. The molecule has 15 heavy (non-hydrogen) atoms. The van der Waals surface area contributed by atoms with Gasteiger partial charge in [-0.2, -0.15) is 0 Å². The van der Waals surface area contributed by atoms with Gasteiger partial charge in [-0.3, -0.25) is 0 Å². The van der Waals surface area contributed by atoms with Crippen LogP contribution in [0.15, 0.2) is 23.8 Å². The zero-order valence-corrected chi connectivity index (χ0v) is 11.8. The fourth-order valence-electron chi connectivity index (χ4n) is 1.22. The summed E-state index contributed by atoms with van der Waals surface area (Å²) in [7, 11) is 0. The van der Waals surface area contributed by atoms with Crippen molar-refractivity contribution in [1.82, 2.24) is 0 Å². The van der Waals surface area contributed by atoms with Crippen molar-refractivity contribution in [2.24, 2.45) is 11.8 Å². The number of allylic oxidation sites excluding steroid dienone is 4. The molecule has 0 fully saturated rings. The Kier molecular flexibility index (Phi) is 13.0. The summed E-state index contributed by atoms with van der Waals surface area (Å²) in [6.45, 7) is 15.2. The lowest BCUT2D eigenvalue weighted by Gasteiger charge is -2.13. The van der Waals surface area contributed by atoms with Crippen LogP contribution in [0.1, 0.15) is 61.3 Å². The first-order chi connectivity index (χ1) is 7.07. The predicted molar refractivity (Wildman–Crippen MR) is 73.2 cm³/mol. The van der Waals surface area contributed by atoms with Crippen molar-refractivity contribution in [3.05, 3.63) is 23.8 Å². The molecule has 0 saturated heterocycles. The van der Waals surface area contributed by atoms with Gasteiger partial charge in [0.25, 0.3) is 0 Å². The van der Waals surface area contributed by atoms with Crippen molar-refractivity contribution in [3.8, 4) is 0 Å². The Hall–Kier alpha value is -0.520. The molecular weight excluding hydrogens is 180 g/mol. The van der Waals surface area contributed by atoms with Gasteiger partial charge in [0.05, 0.1) is 0 Å². The van der Waals surface area contributed by atoms with Gasteiger partial charge >= 0.3 is 0 Å². The average molecular weight is 210 g/mol. The molecule has 0 spiro atoms. The molecule has 0 N–H and O–H groups in total. The summed E-state index contributed by atoms with van der Waals surface area (Å²) in [6.07, 6.45) is 9.09. The highest BCUT2D eigenvalue weighted by Crippen LogP contribution is 2.18. The first-order valence-corrected chi connectivity index (χ1v) is 6.37. The second-order valence-electron chi connectivity index (χ2n) is 4.31. The van der Waals surface area contributed by atoms with E-state index < -0.39 is 0 Å². The Balaban J connectivity index is 0. The zero-order valence-electron chi connectivity index (χ0n) is 11.8. The van der Waals surface area contributed by atoms with Crippen LogP contribution < -0.4 is 0 Å². The van der Waals surface area contributed by atoms with Crippen LogP contribution in [0, 0.1) is 11.8 Å². The average Bonchev–Trinajstić information content (AvgIpc) is 2.25. The first-order valence-electron chi connectivity index (χ1n) is 6.37. The smallest absolute Gasteiger partial charge is 0.0231 e. The molecule has 0 aliphatic carbocycles. The van der Waals surface area contributed by atoms with E-state index >= 15 is 0 Å². The van der Waals surface area contributed by atoms with Gasteiger partial charge in [-0.15, -0.1) is 0 Å². The topological polar surface area (TPSA) is 0 Å². The Morgan fingerprint density at radius 1 is 1.07 bits per heavy atom. The molecule has 0 bridgehead atoms. The number of hydrogen-bond acceptors (Lipinski definition) is 0. The highest BCUT2D eigenvalue weighted by molar-refractivity contribution is 5.11. The maximum absolute atomic E-state index is 2.32. The maximum atomic E-state index is 2.32. The van der Waals surface area contributed by atoms with Gasteiger partial charge < -0.3 is 0 Å². The summed E-state index contributed by atoms with van der Waals surface area (Å²) in [4.78, 5) is 0. The SMILES string of the molecule is C/C=C\C=C(/C)C(C)CCC(C)C.CC. The van der Waals surface area contributed by atoms with E-state index in [9.17, 15) is 0 Å². The summed E-state index contributed by atoms with van der Waals surface area (Å²) < 4.78 is 0. The molecule has 0 aromatic carbocycles. The van der Waals surface area contributed by atoms with Crippen LogP contribution in [0.25, 0.3) is 0 Å². The van der Waals surface area contributed by atoms with Crippen molar-refractivity contribution < 1.29 is 0 Å². The lowest BCUT2D eigenvalue weighted by Crippen LogP contribution is -1.99. The van der Waals surface area contributed by atoms with Gasteiger partial charge in [0.15, 0.2) is 0 Å². The Labute approximate surface area is 97.5 Å². The van der Waals surface area contributed by atoms with Gasteiger partial charge in [-0.05, 0) is 32.1 Å². The largest absolute Gasteiger partial charge is 0.0877 e.